The van der Waals surface area contributed by atoms with Gasteiger partial charge in [-0.05, 0) is 56.1 Å². The molecule has 124 valence electrons. The molecular formula is C17H27ClN2O2. The standard InChI is InChI=1S/C17H26N2O2.ClH/c1-3-14-10(2)7-15(21-14)17(20)19-16-11-5-4-6-12(16)9-13(18)8-11;/h7,11-13,16H,3-6,8-9,18H2,1-2H3,(H,19,20);1H. The summed E-state index contributed by atoms with van der Waals surface area (Å²) in [5.74, 6) is 2.38. The molecule has 2 fully saturated rings. The van der Waals surface area contributed by atoms with Crippen molar-refractivity contribution in [1.29, 1.82) is 0 Å². The van der Waals surface area contributed by atoms with Gasteiger partial charge in [-0.1, -0.05) is 13.3 Å². The lowest BCUT2D eigenvalue weighted by Gasteiger charge is -2.45. The lowest BCUT2D eigenvalue weighted by atomic mass is 9.67. The lowest BCUT2D eigenvalue weighted by molar-refractivity contribution is 0.0731. The number of fused-ring (bicyclic) bond motifs is 2. The number of hydrogen-bond donors (Lipinski definition) is 2. The van der Waals surface area contributed by atoms with E-state index in [0.29, 0.717) is 23.6 Å². The fourth-order valence-corrected chi connectivity index (χ4v) is 4.23. The zero-order chi connectivity index (χ0) is 15.0. The van der Waals surface area contributed by atoms with Crippen molar-refractivity contribution < 1.29 is 9.21 Å². The molecule has 2 aliphatic carbocycles. The van der Waals surface area contributed by atoms with Gasteiger partial charge in [0.1, 0.15) is 5.76 Å². The Labute approximate surface area is 138 Å². The van der Waals surface area contributed by atoms with Crippen LogP contribution in [0, 0.1) is 18.8 Å². The second-order valence-corrected chi connectivity index (χ2v) is 6.75. The second kappa shape index (κ2) is 7.05. The Bertz CT molecular complexity index is 515. The van der Waals surface area contributed by atoms with Gasteiger partial charge in [-0.15, -0.1) is 12.4 Å². The molecule has 1 aromatic rings. The maximum absolute atomic E-state index is 12.5. The van der Waals surface area contributed by atoms with E-state index in [1.165, 1.54) is 19.3 Å². The van der Waals surface area contributed by atoms with Gasteiger partial charge in [-0.25, -0.2) is 0 Å². The Morgan fingerprint density at radius 2 is 2.00 bits per heavy atom. The van der Waals surface area contributed by atoms with Crippen molar-refractivity contribution in [3.05, 3.63) is 23.2 Å². The summed E-state index contributed by atoms with van der Waals surface area (Å²) in [6.45, 7) is 4.04. The molecule has 1 aromatic heterocycles. The molecule has 4 nitrogen and oxygen atoms in total. The zero-order valence-corrected chi connectivity index (χ0v) is 14.2. The Hall–Kier alpha value is -1.00. The van der Waals surface area contributed by atoms with Crippen LogP contribution in [0.2, 0.25) is 0 Å². The number of carbonyl (C=O) groups excluding carboxylic acids is 1. The van der Waals surface area contributed by atoms with Crippen molar-refractivity contribution in [2.45, 2.75) is 64.5 Å². The maximum Gasteiger partial charge on any atom is 0.287 e. The number of hydrogen-bond acceptors (Lipinski definition) is 3. The van der Waals surface area contributed by atoms with Crippen LogP contribution in [0.5, 0.6) is 0 Å². The van der Waals surface area contributed by atoms with Crippen LogP contribution in [0.4, 0.5) is 0 Å². The molecule has 0 saturated heterocycles. The number of carbonyl (C=O) groups is 1. The summed E-state index contributed by atoms with van der Waals surface area (Å²) < 4.78 is 5.67. The number of nitrogens with two attached hydrogens (primary N) is 1. The molecule has 0 spiro atoms. The molecule has 0 aliphatic heterocycles. The fraction of sp³-hybridized carbons (Fsp3) is 0.706. The van der Waals surface area contributed by atoms with Gasteiger partial charge in [-0.2, -0.15) is 0 Å². The van der Waals surface area contributed by atoms with Crippen molar-refractivity contribution in [1.82, 2.24) is 5.32 Å². The molecule has 2 saturated carbocycles. The third kappa shape index (κ3) is 3.33. The Kier molecular flexibility index (Phi) is 5.56. The largest absolute Gasteiger partial charge is 0.456 e. The molecule has 3 N–H and O–H groups in total. The molecule has 1 amide bonds. The SMILES string of the molecule is CCc1oc(C(=O)NC2C3CCCC2CC(N)C3)cc1C.Cl. The van der Waals surface area contributed by atoms with Gasteiger partial charge in [0.15, 0.2) is 5.76 Å². The fourth-order valence-electron chi connectivity index (χ4n) is 4.23. The van der Waals surface area contributed by atoms with E-state index in [2.05, 4.69) is 5.32 Å². The van der Waals surface area contributed by atoms with Gasteiger partial charge in [0, 0.05) is 18.5 Å². The normalized spacial score (nSPS) is 30.5. The summed E-state index contributed by atoms with van der Waals surface area (Å²) in [5, 5.41) is 3.23. The molecule has 2 atom stereocenters. The highest BCUT2D eigenvalue weighted by Crippen LogP contribution is 2.39. The number of nitrogens with one attached hydrogen (secondary N) is 1. The highest BCUT2D eigenvalue weighted by molar-refractivity contribution is 5.92. The summed E-state index contributed by atoms with van der Waals surface area (Å²) in [6.07, 6.45) is 6.55. The first-order valence-corrected chi connectivity index (χ1v) is 8.24. The predicted octanol–water partition coefficient (Wildman–Crippen LogP) is 3.21. The van der Waals surface area contributed by atoms with Crippen LogP contribution in [0.25, 0.3) is 0 Å². The van der Waals surface area contributed by atoms with Gasteiger partial charge in [-0.3, -0.25) is 4.79 Å². The third-order valence-corrected chi connectivity index (χ3v) is 5.24. The van der Waals surface area contributed by atoms with Crippen LogP contribution in [0.1, 0.15) is 60.9 Å². The average molecular weight is 327 g/mol. The van der Waals surface area contributed by atoms with Gasteiger partial charge in [0.2, 0.25) is 0 Å². The first-order chi connectivity index (χ1) is 10.1. The zero-order valence-electron chi connectivity index (χ0n) is 13.4. The van der Waals surface area contributed by atoms with Gasteiger partial charge in [0.05, 0.1) is 0 Å². The molecule has 0 aromatic carbocycles. The van der Waals surface area contributed by atoms with Gasteiger partial charge >= 0.3 is 0 Å². The topological polar surface area (TPSA) is 68.3 Å². The monoisotopic (exact) mass is 326 g/mol. The van der Waals surface area contributed by atoms with E-state index >= 15 is 0 Å². The molecule has 22 heavy (non-hydrogen) atoms. The van der Waals surface area contributed by atoms with E-state index in [1.54, 1.807) is 0 Å². The number of rotatable bonds is 3. The number of furan rings is 1. The summed E-state index contributed by atoms with van der Waals surface area (Å²) in [7, 11) is 0. The van der Waals surface area contributed by atoms with Crippen LogP contribution in [0.3, 0.4) is 0 Å². The predicted molar refractivity (Wildman–Crippen MR) is 89.4 cm³/mol. The van der Waals surface area contributed by atoms with Crippen LogP contribution >= 0.6 is 12.4 Å². The smallest absolute Gasteiger partial charge is 0.287 e. The lowest BCUT2D eigenvalue weighted by Crippen LogP contribution is -2.53. The van der Waals surface area contributed by atoms with E-state index in [-0.39, 0.29) is 24.4 Å². The first kappa shape index (κ1) is 17.4. The molecule has 2 unspecified atom stereocenters. The minimum absolute atomic E-state index is 0. The number of halogens is 1. The molecule has 1 heterocycles. The molecule has 3 rings (SSSR count). The van der Waals surface area contributed by atoms with Crippen molar-refractivity contribution in [2.24, 2.45) is 17.6 Å². The Morgan fingerprint density at radius 1 is 1.36 bits per heavy atom. The maximum atomic E-state index is 12.5. The van der Waals surface area contributed by atoms with Crippen LogP contribution in [-0.4, -0.2) is 18.0 Å². The summed E-state index contributed by atoms with van der Waals surface area (Å²) >= 11 is 0. The summed E-state index contributed by atoms with van der Waals surface area (Å²) in [4.78, 5) is 12.5. The number of aryl methyl sites for hydroxylation is 2. The molecule has 2 aliphatic rings. The van der Waals surface area contributed by atoms with E-state index in [4.69, 9.17) is 10.2 Å². The van der Waals surface area contributed by atoms with Crippen LogP contribution in [-0.2, 0) is 6.42 Å². The Morgan fingerprint density at radius 3 is 2.55 bits per heavy atom. The molecular weight excluding hydrogens is 300 g/mol. The Balaban J connectivity index is 0.00000176. The number of amides is 1. The van der Waals surface area contributed by atoms with Crippen LogP contribution in [0.15, 0.2) is 10.5 Å². The summed E-state index contributed by atoms with van der Waals surface area (Å²) in [5.41, 5.74) is 7.20. The van der Waals surface area contributed by atoms with Crippen molar-refractivity contribution >= 4 is 18.3 Å². The van der Waals surface area contributed by atoms with E-state index in [0.717, 1.165) is 30.6 Å². The first-order valence-electron chi connectivity index (χ1n) is 8.24. The van der Waals surface area contributed by atoms with Gasteiger partial charge < -0.3 is 15.5 Å². The quantitative estimate of drug-likeness (QED) is 0.896. The molecule has 5 heteroatoms. The summed E-state index contributed by atoms with van der Waals surface area (Å²) in [6, 6.07) is 2.45. The van der Waals surface area contributed by atoms with Crippen LogP contribution < -0.4 is 11.1 Å². The van der Waals surface area contributed by atoms with Crippen molar-refractivity contribution in [3.63, 3.8) is 0 Å². The van der Waals surface area contributed by atoms with E-state index in [9.17, 15) is 4.79 Å². The van der Waals surface area contributed by atoms with Crippen molar-refractivity contribution in [2.75, 3.05) is 0 Å². The highest BCUT2D eigenvalue weighted by Gasteiger charge is 2.40. The minimum Gasteiger partial charge on any atom is -0.456 e. The van der Waals surface area contributed by atoms with Crippen molar-refractivity contribution in [3.8, 4) is 0 Å². The molecule has 0 radical (unpaired) electrons. The van der Waals surface area contributed by atoms with E-state index < -0.39 is 0 Å². The highest BCUT2D eigenvalue weighted by atomic mass is 35.5. The second-order valence-electron chi connectivity index (χ2n) is 6.75. The molecule has 2 bridgehead atoms. The minimum atomic E-state index is -0.0600. The third-order valence-electron chi connectivity index (χ3n) is 5.24. The van der Waals surface area contributed by atoms with Gasteiger partial charge in [0.25, 0.3) is 5.91 Å². The van der Waals surface area contributed by atoms with E-state index in [1.807, 2.05) is 19.9 Å². The average Bonchev–Trinajstić information content (AvgIpc) is 2.81.